The fraction of sp³-hybridized carbons (Fsp3) is 0.389. The molecule has 0 saturated carbocycles. The highest BCUT2D eigenvalue weighted by molar-refractivity contribution is 5.76. The SMILES string of the molecule is CCc1cc(=O)n(CC(=O)N2CCN(c3ccccc3F)CC2)cn1. The Kier molecular flexibility index (Phi) is 5.11. The summed E-state index contributed by atoms with van der Waals surface area (Å²) in [6.07, 6.45) is 2.11. The van der Waals surface area contributed by atoms with Crippen molar-refractivity contribution in [1.29, 1.82) is 0 Å². The van der Waals surface area contributed by atoms with E-state index >= 15 is 0 Å². The van der Waals surface area contributed by atoms with Crippen LogP contribution in [-0.4, -0.2) is 46.5 Å². The number of anilines is 1. The maximum Gasteiger partial charge on any atom is 0.253 e. The lowest BCUT2D eigenvalue weighted by Crippen LogP contribution is -2.50. The lowest BCUT2D eigenvalue weighted by molar-refractivity contribution is -0.132. The smallest absolute Gasteiger partial charge is 0.253 e. The molecule has 25 heavy (non-hydrogen) atoms. The molecule has 1 saturated heterocycles. The largest absolute Gasteiger partial charge is 0.366 e. The molecule has 0 unspecified atom stereocenters. The van der Waals surface area contributed by atoms with Crippen LogP contribution in [0.2, 0.25) is 0 Å². The minimum absolute atomic E-state index is 0.0183. The zero-order valence-electron chi connectivity index (χ0n) is 14.2. The number of benzene rings is 1. The number of rotatable bonds is 4. The lowest BCUT2D eigenvalue weighted by Gasteiger charge is -2.36. The normalized spacial score (nSPS) is 14.6. The number of piperazine rings is 1. The van der Waals surface area contributed by atoms with Gasteiger partial charge in [0.25, 0.3) is 5.56 Å². The van der Waals surface area contributed by atoms with E-state index in [-0.39, 0.29) is 23.8 Å². The van der Waals surface area contributed by atoms with Crippen LogP contribution in [0, 0.1) is 5.82 Å². The van der Waals surface area contributed by atoms with Crippen LogP contribution >= 0.6 is 0 Å². The monoisotopic (exact) mass is 344 g/mol. The van der Waals surface area contributed by atoms with E-state index in [0.717, 1.165) is 0 Å². The van der Waals surface area contributed by atoms with Gasteiger partial charge in [-0.05, 0) is 18.6 Å². The number of hydrogen-bond donors (Lipinski definition) is 0. The summed E-state index contributed by atoms with van der Waals surface area (Å²) >= 11 is 0. The summed E-state index contributed by atoms with van der Waals surface area (Å²) in [7, 11) is 0. The van der Waals surface area contributed by atoms with E-state index < -0.39 is 0 Å². The second-order valence-corrected chi connectivity index (χ2v) is 6.02. The van der Waals surface area contributed by atoms with Gasteiger partial charge in [-0.15, -0.1) is 0 Å². The summed E-state index contributed by atoms with van der Waals surface area (Å²) in [6.45, 7) is 4.04. The number of aryl methyl sites for hydroxylation is 1. The molecule has 1 fully saturated rings. The van der Waals surface area contributed by atoms with Crippen molar-refractivity contribution in [2.24, 2.45) is 0 Å². The molecule has 1 aromatic heterocycles. The Labute approximate surface area is 145 Å². The minimum Gasteiger partial charge on any atom is -0.366 e. The first kappa shape index (κ1) is 17.1. The highest BCUT2D eigenvalue weighted by atomic mass is 19.1. The van der Waals surface area contributed by atoms with Gasteiger partial charge in [0.15, 0.2) is 0 Å². The van der Waals surface area contributed by atoms with Crippen molar-refractivity contribution in [3.05, 3.63) is 58.5 Å². The maximum atomic E-state index is 13.9. The van der Waals surface area contributed by atoms with E-state index in [9.17, 15) is 14.0 Å². The first-order chi connectivity index (χ1) is 12.1. The number of carbonyl (C=O) groups is 1. The number of halogens is 1. The summed E-state index contributed by atoms with van der Waals surface area (Å²) in [4.78, 5) is 32.2. The molecule has 0 atom stereocenters. The molecule has 2 heterocycles. The van der Waals surface area contributed by atoms with Gasteiger partial charge in [-0.3, -0.25) is 14.2 Å². The number of carbonyl (C=O) groups excluding carboxylic acids is 1. The van der Waals surface area contributed by atoms with Crippen LogP contribution in [0.5, 0.6) is 0 Å². The number of para-hydroxylation sites is 1. The van der Waals surface area contributed by atoms with Crippen LogP contribution < -0.4 is 10.5 Å². The maximum absolute atomic E-state index is 13.9. The summed E-state index contributed by atoms with van der Waals surface area (Å²) in [6, 6.07) is 8.10. The fourth-order valence-electron chi connectivity index (χ4n) is 2.93. The Bertz CT molecular complexity index is 813. The van der Waals surface area contributed by atoms with Gasteiger partial charge in [0, 0.05) is 37.9 Å². The third kappa shape index (κ3) is 3.87. The van der Waals surface area contributed by atoms with Gasteiger partial charge in [0.1, 0.15) is 12.4 Å². The lowest BCUT2D eigenvalue weighted by atomic mass is 10.2. The summed E-state index contributed by atoms with van der Waals surface area (Å²) < 4.78 is 15.2. The van der Waals surface area contributed by atoms with Crippen molar-refractivity contribution in [1.82, 2.24) is 14.5 Å². The van der Waals surface area contributed by atoms with Gasteiger partial charge in [-0.25, -0.2) is 9.37 Å². The van der Waals surface area contributed by atoms with Crippen molar-refractivity contribution in [3.8, 4) is 0 Å². The average molecular weight is 344 g/mol. The number of amides is 1. The number of hydrogen-bond acceptors (Lipinski definition) is 4. The second-order valence-electron chi connectivity index (χ2n) is 6.02. The third-order valence-electron chi connectivity index (χ3n) is 4.43. The molecule has 1 amide bonds. The van der Waals surface area contributed by atoms with Gasteiger partial charge >= 0.3 is 0 Å². The molecule has 0 N–H and O–H groups in total. The van der Waals surface area contributed by atoms with Crippen LogP contribution in [0.1, 0.15) is 12.6 Å². The Morgan fingerprint density at radius 3 is 2.56 bits per heavy atom. The fourth-order valence-corrected chi connectivity index (χ4v) is 2.93. The van der Waals surface area contributed by atoms with E-state index in [2.05, 4.69) is 4.98 Å². The van der Waals surface area contributed by atoms with Gasteiger partial charge < -0.3 is 9.80 Å². The molecule has 1 aliphatic rings. The van der Waals surface area contributed by atoms with Crippen LogP contribution in [0.4, 0.5) is 10.1 Å². The topological polar surface area (TPSA) is 58.4 Å². The molecule has 7 heteroatoms. The quantitative estimate of drug-likeness (QED) is 0.839. The minimum atomic E-state index is -0.254. The van der Waals surface area contributed by atoms with Gasteiger partial charge in [0.05, 0.1) is 12.0 Å². The van der Waals surface area contributed by atoms with E-state index in [1.54, 1.807) is 23.1 Å². The highest BCUT2D eigenvalue weighted by Gasteiger charge is 2.23. The molecule has 2 aromatic rings. The Morgan fingerprint density at radius 2 is 1.92 bits per heavy atom. The summed E-state index contributed by atoms with van der Waals surface area (Å²) in [5.74, 6) is -0.378. The first-order valence-electron chi connectivity index (χ1n) is 8.41. The van der Waals surface area contributed by atoms with Crippen LogP contribution in [0.15, 0.2) is 41.5 Å². The molecule has 1 aliphatic heterocycles. The predicted molar refractivity (Wildman–Crippen MR) is 93.1 cm³/mol. The van der Waals surface area contributed by atoms with Crippen molar-refractivity contribution < 1.29 is 9.18 Å². The van der Waals surface area contributed by atoms with Crippen molar-refractivity contribution >= 4 is 11.6 Å². The van der Waals surface area contributed by atoms with E-state index in [1.807, 2.05) is 11.8 Å². The van der Waals surface area contributed by atoms with Gasteiger partial charge in [-0.2, -0.15) is 0 Å². The second kappa shape index (κ2) is 7.46. The van der Waals surface area contributed by atoms with E-state index in [0.29, 0.717) is 44.0 Å². The number of nitrogens with zero attached hydrogens (tertiary/aromatic N) is 4. The summed E-state index contributed by atoms with van der Waals surface area (Å²) in [5.41, 5.74) is 1.06. The molecule has 0 spiro atoms. The molecule has 0 bridgehead atoms. The molecule has 132 valence electrons. The highest BCUT2D eigenvalue weighted by Crippen LogP contribution is 2.20. The van der Waals surface area contributed by atoms with Gasteiger partial charge in [-0.1, -0.05) is 19.1 Å². The zero-order valence-corrected chi connectivity index (χ0v) is 14.2. The Hall–Kier alpha value is -2.70. The van der Waals surface area contributed by atoms with Crippen molar-refractivity contribution in [2.75, 3.05) is 31.1 Å². The summed E-state index contributed by atoms with van der Waals surface area (Å²) in [5, 5.41) is 0. The van der Waals surface area contributed by atoms with E-state index in [1.165, 1.54) is 23.0 Å². The van der Waals surface area contributed by atoms with E-state index in [4.69, 9.17) is 0 Å². The standard InChI is InChI=1S/C18H21FN4O2/c1-2-14-11-17(24)23(13-20-14)12-18(25)22-9-7-21(8-10-22)16-6-4-3-5-15(16)19/h3-6,11,13H,2,7-10,12H2,1H3. The number of aromatic nitrogens is 2. The Morgan fingerprint density at radius 1 is 1.20 bits per heavy atom. The third-order valence-corrected chi connectivity index (χ3v) is 4.43. The van der Waals surface area contributed by atoms with Crippen LogP contribution in [0.25, 0.3) is 0 Å². The van der Waals surface area contributed by atoms with Crippen molar-refractivity contribution in [2.45, 2.75) is 19.9 Å². The molecule has 1 aromatic carbocycles. The molecular formula is C18H21FN4O2. The predicted octanol–water partition coefficient (Wildman–Crippen LogP) is 1.29. The molecule has 0 aliphatic carbocycles. The molecule has 6 nitrogen and oxygen atoms in total. The van der Waals surface area contributed by atoms with Crippen LogP contribution in [-0.2, 0) is 17.8 Å². The van der Waals surface area contributed by atoms with Crippen molar-refractivity contribution in [3.63, 3.8) is 0 Å². The van der Waals surface area contributed by atoms with Gasteiger partial charge in [0.2, 0.25) is 5.91 Å². The average Bonchev–Trinajstić information content (AvgIpc) is 2.64. The Balaban J connectivity index is 1.60. The molecule has 3 rings (SSSR count). The first-order valence-corrected chi connectivity index (χ1v) is 8.41. The molecular weight excluding hydrogens is 323 g/mol. The molecule has 0 radical (unpaired) electrons. The zero-order chi connectivity index (χ0) is 17.8. The van der Waals surface area contributed by atoms with Crippen LogP contribution in [0.3, 0.4) is 0 Å².